The Morgan fingerprint density at radius 2 is 1.35 bits per heavy atom. The molecule has 8 heteroatoms. The van der Waals surface area contributed by atoms with Crippen LogP contribution in [0.15, 0.2) is 47.9 Å². The van der Waals surface area contributed by atoms with Gasteiger partial charge in [-0.1, -0.05) is 0 Å². The average Bonchev–Trinajstić information content (AvgIpc) is 2.52. The number of benzene rings is 2. The summed E-state index contributed by atoms with van der Waals surface area (Å²) in [5, 5.41) is 0.632. The summed E-state index contributed by atoms with van der Waals surface area (Å²) in [6, 6.07) is 5.32. The van der Waals surface area contributed by atoms with Crippen LogP contribution in [-0.2, 0) is 14.6 Å². The molecule has 2 aromatic rings. The fourth-order valence-corrected chi connectivity index (χ4v) is 2.87. The van der Waals surface area contributed by atoms with Gasteiger partial charge in [0.15, 0.2) is 15.6 Å². The van der Waals surface area contributed by atoms with Crippen molar-refractivity contribution in [1.29, 1.82) is 0 Å². The van der Waals surface area contributed by atoms with Crippen molar-refractivity contribution in [2.45, 2.75) is 0 Å². The maximum atomic E-state index is 13.4. The number of halogens is 4. The lowest BCUT2D eigenvalue weighted by atomic mass is 10.2. The molecule has 0 saturated heterocycles. The highest BCUT2D eigenvalue weighted by Crippen LogP contribution is 2.13. The largest absolute Gasteiger partial charge is 0.294 e. The molecular weight excluding hydrogens is 372 g/mol. The van der Waals surface area contributed by atoms with E-state index in [9.17, 15) is 30.8 Å². The fraction of sp³-hybridized carbons (Fsp3) is 0.0556. The Hall–Kier alpha value is -2.74. The predicted octanol–water partition coefficient (Wildman–Crippen LogP) is 3.91. The maximum Gasteiger partial charge on any atom is 0.179 e. The average molecular weight is 384 g/mol. The minimum atomic E-state index is -4.02. The summed E-state index contributed by atoms with van der Waals surface area (Å²) in [5.74, 6) is -5.22. The summed E-state index contributed by atoms with van der Waals surface area (Å²) in [7, 11) is -4.02. The lowest BCUT2D eigenvalue weighted by molar-refractivity contribution is -0.112. The minimum absolute atomic E-state index is 0.0823. The van der Waals surface area contributed by atoms with Gasteiger partial charge in [-0.2, -0.15) is 0 Å². The van der Waals surface area contributed by atoms with Crippen molar-refractivity contribution in [1.82, 2.24) is 0 Å². The van der Waals surface area contributed by atoms with E-state index in [2.05, 4.69) is 0 Å². The van der Waals surface area contributed by atoms with Gasteiger partial charge in [-0.05, 0) is 42.5 Å². The van der Waals surface area contributed by atoms with Gasteiger partial charge in [-0.3, -0.25) is 4.79 Å². The van der Waals surface area contributed by atoms with Crippen molar-refractivity contribution in [3.05, 3.63) is 82.3 Å². The Kier molecular flexibility index (Phi) is 6.10. The van der Waals surface area contributed by atoms with Gasteiger partial charge in [0, 0.05) is 28.7 Å². The van der Waals surface area contributed by atoms with Gasteiger partial charge in [0.05, 0.1) is 0 Å². The first kappa shape index (κ1) is 19.6. The third kappa shape index (κ3) is 5.66. The zero-order valence-electron chi connectivity index (χ0n) is 13.1. The van der Waals surface area contributed by atoms with Crippen LogP contribution < -0.4 is 0 Å². The Labute approximate surface area is 147 Å². The lowest BCUT2D eigenvalue weighted by Crippen LogP contribution is -2.11. The standard InChI is InChI=1S/C18H12F4O3S/c19-14-4-1-12(17(21)9-14)3-6-16(23)11-26(24,25)8-7-13-2-5-15(20)10-18(13)22/h1-10H,11H2. The first-order chi connectivity index (χ1) is 12.2. The SMILES string of the molecule is O=C(C=Cc1ccc(F)cc1F)CS(=O)(=O)C=Cc1ccc(F)cc1F. The second-order valence-electron chi connectivity index (χ2n) is 5.24. The van der Waals surface area contributed by atoms with Crippen LogP contribution >= 0.6 is 0 Å². The molecular formula is C18H12F4O3S. The highest BCUT2D eigenvalue weighted by atomic mass is 32.2. The van der Waals surface area contributed by atoms with E-state index in [-0.39, 0.29) is 11.1 Å². The summed E-state index contributed by atoms with van der Waals surface area (Å²) >= 11 is 0. The van der Waals surface area contributed by atoms with E-state index in [1.54, 1.807) is 0 Å². The van der Waals surface area contributed by atoms with Crippen LogP contribution in [0.25, 0.3) is 12.2 Å². The number of allylic oxidation sites excluding steroid dienone is 1. The minimum Gasteiger partial charge on any atom is -0.294 e. The van der Waals surface area contributed by atoms with Crippen molar-refractivity contribution >= 4 is 27.8 Å². The quantitative estimate of drug-likeness (QED) is 0.561. The maximum absolute atomic E-state index is 13.4. The first-order valence-corrected chi connectivity index (χ1v) is 8.90. The molecule has 0 aromatic heterocycles. The van der Waals surface area contributed by atoms with E-state index >= 15 is 0 Å². The van der Waals surface area contributed by atoms with Crippen LogP contribution in [-0.4, -0.2) is 20.0 Å². The molecule has 0 aliphatic carbocycles. The van der Waals surface area contributed by atoms with Gasteiger partial charge in [0.2, 0.25) is 0 Å². The Morgan fingerprint density at radius 3 is 1.85 bits per heavy atom. The van der Waals surface area contributed by atoms with Crippen LogP contribution in [0.3, 0.4) is 0 Å². The molecule has 0 aliphatic heterocycles. The summed E-state index contributed by atoms with van der Waals surface area (Å²) in [4.78, 5) is 11.7. The molecule has 0 N–H and O–H groups in total. The van der Waals surface area contributed by atoms with Gasteiger partial charge in [0.25, 0.3) is 0 Å². The van der Waals surface area contributed by atoms with Crippen molar-refractivity contribution in [3.8, 4) is 0 Å². The topological polar surface area (TPSA) is 51.2 Å². The molecule has 0 saturated carbocycles. The van der Waals surface area contributed by atoms with E-state index in [4.69, 9.17) is 0 Å². The van der Waals surface area contributed by atoms with Gasteiger partial charge >= 0.3 is 0 Å². The molecule has 0 radical (unpaired) electrons. The molecule has 0 amide bonds. The highest BCUT2D eigenvalue weighted by molar-refractivity contribution is 7.95. The molecule has 2 aromatic carbocycles. The molecule has 136 valence electrons. The third-order valence-electron chi connectivity index (χ3n) is 3.17. The number of hydrogen-bond acceptors (Lipinski definition) is 3. The second-order valence-corrected chi connectivity index (χ2v) is 7.13. The zero-order chi connectivity index (χ0) is 19.3. The zero-order valence-corrected chi connectivity index (χ0v) is 13.9. The molecule has 0 spiro atoms. The number of carbonyl (C=O) groups is 1. The van der Waals surface area contributed by atoms with Gasteiger partial charge in [0.1, 0.15) is 29.0 Å². The number of hydrogen-bond donors (Lipinski definition) is 0. The molecule has 0 aliphatic rings. The summed E-state index contributed by atoms with van der Waals surface area (Å²) in [6.07, 6.45) is 2.77. The molecule has 0 unspecified atom stereocenters. The monoisotopic (exact) mass is 384 g/mol. The molecule has 2 rings (SSSR count). The van der Waals surface area contributed by atoms with Gasteiger partial charge in [-0.25, -0.2) is 26.0 Å². The molecule has 3 nitrogen and oxygen atoms in total. The van der Waals surface area contributed by atoms with Crippen LogP contribution in [0.5, 0.6) is 0 Å². The predicted molar refractivity (Wildman–Crippen MR) is 89.6 cm³/mol. The van der Waals surface area contributed by atoms with Crippen molar-refractivity contribution in [2.75, 3.05) is 5.75 Å². The highest BCUT2D eigenvalue weighted by Gasteiger charge is 2.12. The van der Waals surface area contributed by atoms with Crippen LogP contribution in [0.1, 0.15) is 11.1 Å². The van der Waals surface area contributed by atoms with Crippen molar-refractivity contribution < 1.29 is 30.8 Å². The van der Waals surface area contributed by atoms with Crippen molar-refractivity contribution in [3.63, 3.8) is 0 Å². The van der Waals surface area contributed by atoms with Crippen LogP contribution in [0.2, 0.25) is 0 Å². The number of rotatable bonds is 6. The number of ketones is 1. The van der Waals surface area contributed by atoms with E-state index in [1.165, 1.54) is 0 Å². The Morgan fingerprint density at radius 1 is 0.846 bits per heavy atom. The Balaban J connectivity index is 2.07. The second kappa shape index (κ2) is 8.09. The van der Waals surface area contributed by atoms with Gasteiger partial charge in [-0.15, -0.1) is 0 Å². The molecule has 0 atom stereocenters. The molecule has 26 heavy (non-hydrogen) atoms. The fourth-order valence-electron chi connectivity index (χ4n) is 1.93. The lowest BCUT2D eigenvalue weighted by Gasteiger charge is -1.99. The van der Waals surface area contributed by atoms with Crippen molar-refractivity contribution in [2.24, 2.45) is 0 Å². The molecule has 0 heterocycles. The Bertz CT molecular complexity index is 995. The molecule has 0 bridgehead atoms. The first-order valence-electron chi connectivity index (χ1n) is 7.18. The summed E-state index contributed by atoms with van der Waals surface area (Å²) in [5.41, 5.74) is -0.243. The smallest absolute Gasteiger partial charge is 0.179 e. The van der Waals surface area contributed by atoms with E-state index in [0.717, 1.165) is 42.5 Å². The number of sulfone groups is 1. The summed E-state index contributed by atoms with van der Waals surface area (Å²) < 4.78 is 76.1. The van der Waals surface area contributed by atoms with Crippen LogP contribution in [0, 0.1) is 23.3 Å². The van der Waals surface area contributed by atoms with Gasteiger partial charge < -0.3 is 0 Å². The summed E-state index contributed by atoms with van der Waals surface area (Å²) in [6.45, 7) is 0. The third-order valence-corrected chi connectivity index (χ3v) is 4.41. The van der Waals surface area contributed by atoms with Crippen LogP contribution in [0.4, 0.5) is 17.6 Å². The van der Waals surface area contributed by atoms with E-state index in [0.29, 0.717) is 17.5 Å². The van der Waals surface area contributed by atoms with E-state index in [1.807, 2.05) is 0 Å². The normalized spacial score (nSPS) is 12.2. The number of carbonyl (C=O) groups excluding carboxylic acids is 1. The molecule has 0 fully saturated rings. The van der Waals surface area contributed by atoms with E-state index < -0.39 is 44.6 Å².